The number of nitrogens with one attached hydrogen (secondary N) is 1. The van der Waals surface area contributed by atoms with E-state index in [2.05, 4.69) is 15.3 Å². The molecule has 0 atom stereocenters. The number of anilines is 2. The molecular weight excluding hydrogens is 323 g/mol. The zero-order chi connectivity index (χ0) is 17.7. The number of methoxy groups -OCH3 is 1. The van der Waals surface area contributed by atoms with Gasteiger partial charge in [0.25, 0.3) is 0 Å². The van der Waals surface area contributed by atoms with Crippen LogP contribution in [0.4, 0.5) is 24.8 Å². The number of rotatable bonds is 6. The van der Waals surface area contributed by atoms with Crippen molar-refractivity contribution in [3.63, 3.8) is 0 Å². The molecule has 24 heavy (non-hydrogen) atoms. The summed E-state index contributed by atoms with van der Waals surface area (Å²) in [6.07, 6.45) is -3.88. The molecule has 130 valence electrons. The predicted molar refractivity (Wildman–Crippen MR) is 83.6 cm³/mol. The molecule has 0 saturated heterocycles. The van der Waals surface area contributed by atoms with E-state index in [1.807, 2.05) is 13.8 Å². The molecule has 0 fully saturated rings. The zero-order valence-electron chi connectivity index (χ0n) is 13.5. The molecule has 0 spiro atoms. The van der Waals surface area contributed by atoms with E-state index >= 15 is 0 Å². The van der Waals surface area contributed by atoms with Crippen LogP contribution in [0.25, 0.3) is 0 Å². The maximum Gasteiger partial charge on any atom is 0.423 e. The zero-order valence-corrected chi connectivity index (χ0v) is 13.5. The van der Waals surface area contributed by atoms with Crippen LogP contribution >= 0.6 is 0 Å². The van der Waals surface area contributed by atoms with Gasteiger partial charge in [-0.3, -0.25) is 0 Å². The number of benzene rings is 1. The lowest BCUT2D eigenvalue weighted by Gasteiger charge is -2.15. The summed E-state index contributed by atoms with van der Waals surface area (Å²) in [4.78, 5) is 7.59. The van der Waals surface area contributed by atoms with E-state index in [-0.39, 0.29) is 18.5 Å². The lowest BCUT2D eigenvalue weighted by Crippen LogP contribution is -2.14. The third kappa shape index (κ3) is 4.50. The van der Waals surface area contributed by atoms with Gasteiger partial charge in [0, 0.05) is 6.20 Å². The Bertz CT molecular complexity index is 691. The van der Waals surface area contributed by atoms with E-state index in [4.69, 9.17) is 9.47 Å². The Kier molecular flexibility index (Phi) is 5.48. The molecule has 0 aliphatic heterocycles. The highest BCUT2D eigenvalue weighted by Crippen LogP contribution is 2.36. The van der Waals surface area contributed by atoms with Crippen molar-refractivity contribution in [3.05, 3.63) is 36.0 Å². The minimum Gasteiger partial charge on any atom is -0.495 e. The minimum atomic E-state index is -4.59. The number of ether oxygens (including phenoxy) is 2. The minimum absolute atomic E-state index is 0.00810. The molecule has 1 aromatic heterocycles. The summed E-state index contributed by atoms with van der Waals surface area (Å²) in [5, 5.41) is 2.84. The van der Waals surface area contributed by atoms with Crippen LogP contribution in [-0.4, -0.2) is 23.7 Å². The van der Waals surface area contributed by atoms with Crippen LogP contribution in [0.1, 0.15) is 19.4 Å². The highest BCUT2D eigenvalue weighted by atomic mass is 19.4. The summed E-state index contributed by atoms with van der Waals surface area (Å²) < 4.78 is 49.5. The van der Waals surface area contributed by atoms with Gasteiger partial charge in [0.2, 0.25) is 11.8 Å². The second-order valence-electron chi connectivity index (χ2n) is 5.44. The van der Waals surface area contributed by atoms with E-state index < -0.39 is 17.6 Å². The van der Waals surface area contributed by atoms with Gasteiger partial charge in [0.15, 0.2) is 0 Å². The maximum absolute atomic E-state index is 13.0. The molecule has 2 rings (SSSR count). The molecule has 0 unspecified atom stereocenters. The first kappa shape index (κ1) is 17.8. The standard InChI is InChI=1S/C16H18F3N3O2/c1-10(2)9-24-14-11(16(17,18)19)8-20-15(22-14)21-12-6-4-5-7-13(12)23-3/h4-8,10H,9H2,1-3H3,(H,20,21,22). The number of alkyl halides is 3. The summed E-state index contributed by atoms with van der Waals surface area (Å²) in [7, 11) is 1.49. The van der Waals surface area contributed by atoms with Crippen molar-refractivity contribution < 1.29 is 22.6 Å². The number of aromatic nitrogens is 2. The van der Waals surface area contributed by atoms with Gasteiger partial charge < -0.3 is 14.8 Å². The van der Waals surface area contributed by atoms with E-state index in [0.717, 1.165) is 0 Å². The highest BCUT2D eigenvalue weighted by Gasteiger charge is 2.36. The molecule has 0 radical (unpaired) electrons. The molecule has 5 nitrogen and oxygen atoms in total. The Balaban J connectivity index is 2.33. The Morgan fingerprint density at radius 2 is 1.92 bits per heavy atom. The van der Waals surface area contributed by atoms with E-state index in [0.29, 0.717) is 17.6 Å². The average Bonchev–Trinajstić information content (AvgIpc) is 2.52. The van der Waals surface area contributed by atoms with Crippen molar-refractivity contribution in [2.75, 3.05) is 19.0 Å². The first-order chi connectivity index (χ1) is 11.3. The SMILES string of the molecule is COc1ccccc1Nc1ncc(C(F)(F)F)c(OCC(C)C)n1. The second kappa shape index (κ2) is 7.37. The van der Waals surface area contributed by atoms with Gasteiger partial charge in [0.05, 0.1) is 19.4 Å². The van der Waals surface area contributed by atoms with Crippen LogP contribution < -0.4 is 14.8 Å². The maximum atomic E-state index is 13.0. The fraction of sp³-hybridized carbons (Fsp3) is 0.375. The quantitative estimate of drug-likeness (QED) is 0.850. The van der Waals surface area contributed by atoms with Crippen molar-refractivity contribution in [1.82, 2.24) is 9.97 Å². The van der Waals surface area contributed by atoms with Crippen LogP contribution in [-0.2, 0) is 6.18 Å². The lowest BCUT2D eigenvalue weighted by molar-refractivity contribution is -0.139. The summed E-state index contributed by atoms with van der Waals surface area (Å²) >= 11 is 0. The van der Waals surface area contributed by atoms with Gasteiger partial charge in [-0.1, -0.05) is 26.0 Å². The van der Waals surface area contributed by atoms with Gasteiger partial charge in [-0.05, 0) is 18.1 Å². The predicted octanol–water partition coefficient (Wildman–Crippen LogP) is 4.28. The van der Waals surface area contributed by atoms with Crippen LogP contribution in [0.3, 0.4) is 0 Å². The first-order valence-corrected chi connectivity index (χ1v) is 7.28. The summed E-state index contributed by atoms with van der Waals surface area (Å²) in [6, 6.07) is 6.94. The van der Waals surface area contributed by atoms with Crippen molar-refractivity contribution >= 4 is 11.6 Å². The van der Waals surface area contributed by atoms with Gasteiger partial charge in [0.1, 0.15) is 11.3 Å². The van der Waals surface area contributed by atoms with Crippen LogP contribution in [0.5, 0.6) is 11.6 Å². The smallest absolute Gasteiger partial charge is 0.423 e. The summed E-state index contributed by atoms with van der Waals surface area (Å²) in [5.74, 6) is 0.0761. The molecule has 0 amide bonds. The van der Waals surface area contributed by atoms with Crippen molar-refractivity contribution in [3.8, 4) is 11.6 Å². The van der Waals surface area contributed by atoms with Gasteiger partial charge in [-0.2, -0.15) is 18.2 Å². The largest absolute Gasteiger partial charge is 0.495 e. The second-order valence-corrected chi connectivity index (χ2v) is 5.44. The van der Waals surface area contributed by atoms with Crippen LogP contribution in [0, 0.1) is 5.92 Å². The average molecular weight is 341 g/mol. The topological polar surface area (TPSA) is 56.3 Å². The molecule has 0 aliphatic carbocycles. The number of nitrogens with zero attached hydrogens (tertiary/aromatic N) is 2. The van der Waals surface area contributed by atoms with Crippen LogP contribution in [0.15, 0.2) is 30.5 Å². The molecule has 2 aromatic rings. The Labute approximate surface area is 137 Å². The molecule has 8 heteroatoms. The summed E-state index contributed by atoms with van der Waals surface area (Å²) in [6.45, 7) is 3.79. The number of hydrogen-bond donors (Lipinski definition) is 1. The van der Waals surface area contributed by atoms with E-state index in [9.17, 15) is 13.2 Å². The number of para-hydroxylation sites is 2. The fourth-order valence-electron chi connectivity index (χ4n) is 1.84. The third-order valence-electron chi connectivity index (χ3n) is 2.97. The Morgan fingerprint density at radius 3 is 2.54 bits per heavy atom. The van der Waals surface area contributed by atoms with Crippen molar-refractivity contribution in [2.45, 2.75) is 20.0 Å². The molecular formula is C16H18F3N3O2. The molecule has 0 aliphatic rings. The number of halogens is 3. The fourth-order valence-corrected chi connectivity index (χ4v) is 1.84. The van der Waals surface area contributed by atoms with Crippen molar-refractivity contribution in [1.29, 1.82) is 0 Å². The van der Waals surface area contributed by atoms with Gasteiger partial charge in [-0.15, -0.1) is 0 Å². The molecule has 1 heterocycles. The third-order valence-corrected chi connectivity index (χ3v) is 2.97. The lowest BCUT2D eigenvalue weighted by atomic mass is 10.2. The summed E-state index contributed by atoms with van der Waals surface area (Å²) in [5.41, 5.74) is -0.469. The molecule has 1 N–H and O–H groups in total. The first-order valence-electron chi connectivity index (χ1n) is 7.28. The highest BCUT2D eigenvalue weighted by molar-refractivity contribution is 5.62. The van der Waals surface area contributed by atoms with E-state index in [1.54, 1.807) is 24.3 Å². The normalized spacial score (nSPS) is 11.5. The molecule has 1 aromatic carbocycles. The van der Waals surface area contributed by atoms with Gasteiger partial charge >= 0.3 is 6.18 Å². The van der Waals surface area contributed by atoms with Crippen molar-refractivity contribution in [2.24, 2.45) is 5.92 Å². The van der Waals surface area contributed by atoms with E-state index in [1.165, 1.54) is 7.11 Å². The number of hydrogen-bond acceptors (Lipinski definition) is 5. The molecule has 0 saturated carbocycles. The van der Waals surface area contributed by atoms with Crippen LogP contribution in [0.2, 0.25) is 0 Å². The van der Waals surface area contributed by atoms with Gasteiger partial charge in [-0.25, -0.2) is 4.98 Å². The Morgan fingerprint density at radius 1 is 1.21 bits per heavy atom. The molecule has 0 bridgehead atoms. The Hall–Kier alpha value is -2.51. The monoisotopic (exact) mass is 341 g/mol.